The van der Waals surface area contributed by atoms with E-state index in [1.165, 1.54) is 5.01 Å². The third-order valence-electron chi connectivity index (χ3n) is 2.01. The summed E-state index contributed by atoms with van der Waals surface area (Å²) in [6.45, 7) is 4.46. The molecule has 0 aromatic carbocycles. The molecule has 7 nitrogen and oxygen atoms in total. The lowest BCUT2D eigenvalue weighted by Gasteiger charge is -2.16. The maximum absolute atomic E-state index is 11.5. The lowest BCUT2D eigenvalue weighted by molar-refractivity contribution is -0.127. The molecule has 1 fully saturated rings. The molecule has 0 aromatic rings. The predicted molar refractivity (Wildman–Crippen MR) is 54.0 cm³/mol. The lowest BCUT2D eigenvalue weighted by Crippen LogP contribution is -2.49. The van der Waals surface area contributed by atoms with Crippen LogP contribution >= 0.6 is 0 Å². The first kappa shape index (κ1) is 11.9. The van der Waals surface area contributed by atoms with Crippen molar-refractivity contribution in [3.05, 3.63) is 0 Å². The van der Waals surface area contributed by atoms with Crippen LogP contribution in [0.2, 0.25) is 0 Å². The van der Waals surface area contributed by atoms with Gasteiger partial charge >= 0.3 is 6.03 Å². The highest BCUT2D eigenvalue weighted by Crippen LogP contribution is 2.03. The monoisotopic (exact) mass is 215 g/mol. The van der Waals surface area contributed by atoms with E-state index in [0.29, 0.717) is 12.5 Å². The number of nitrogens with one attached hydrogen (secondary N) is 2. The van der Waals surface area contributed by atoms with Gasteiger partial charge in [0.2, 0.25) is 0 Å². The Morgan fingerprint density at radius 1 is 1.67 bits per heavy atom. The highest BCUT2D eigenvalue weighted by molar-refractivity contribution is 5.97. The predicted octanol–water partition coefficient (Wildman–Crippen LogP) is -1.17. The van der Waals surface area contributed by atoms with Gasteiger partial charge in [-0.25, -0.2) is 9.80 Å². The Labute approximate surface area is 88.5 Å². The zero-order valence-electron chi connectivity index (χ0n) is 9.15. The Morgan fingerprint density at radius 2 is 2.27 bits per heavy atom. The number of carbonyl (C=O) groups excluding carboxylic acids is 2. The highest BCUT2D eigenvalue weighted by atomic mass is 16.2. The molecule has 7 heteroatoms. The number of likely N-dealkylation sites (N-methyl/N-ethyl adjacent to an activating group) is 1. The standard InChI is InChI=1S/C8H17N5O2/c1-5(2)4-10-8(15)13-7(14)6(9)12(3)11-13/h5-6,11H,4,9H2,1-3H3,(H,10,15). The van der Waals surface area contributed by atoms with Gasteiger partial charge < -0.3 is 11.1 Å². The number of hydrogen-bond donors (Lipinski definition) is 3. The Hall–Kier alpha value is -1.18. The van der Waals surface area contributed by atoms with Crippen molar-refractivity contribution < 1.29 is 9.59 Å². The van der Waals surface area contributed by atoms with Gasteiger partial charge in [0.1, 0.15) is 0 Å². The van der Waals surface area contributed by atoms with E-state index in [1.807, 2.05) is 13.8 Å². The normalized spacial score (nSPS) is 22.6. The van der Waals surface area contributed by atoms with E-state index in [-0.39, 0.29) is 0 Å². The molecule has 0 spiro atoms. The number of hydrogen-bond acceptors (Lipinski definition) is 5. The summed E-state index contributed by atoms with van der Waals surface area (Å²) >= 11 is 0. The van der Waals surface area contributed by atoms with Gasteiger partial charge in [0, 0.05) is 13.6 Å². The van der Waals surface area contributed by atoms with Crippen molar-refractivity contribution in [3.8, 4) is 0 Å². The van der Waals surface area contributed by atoms with Gasteiger partial charge in [0.05, 0.1) is 0 Å². The number of urea groups is 1. The molecule has 1 rings (SSSR count). The molecule has 0 bridgehead atoms. The van der Waals surface area contributed by atoms with Gasteiger partial charge in [0.15, 0.2) is 6.17 Å². The summed E-state index contributed by atoms with van der Waals surface area (Å²) in [5.41, 5.74) is 8.06. The molecule has 1 aliphatic heterocycles. The molecular formula is C8H17N5O2. The van der Waals surface area contributed by atoms with Gasteiger partial charge in [-0.2, -0.15) is 10.5 Å². The molecule has 1 heterocycles. The van der Waals surface area contributed by atoms with E-state index in [9.17, 15) is 9.59 Å². The zero-order chi connectivity index (χ0) is 11.6. The van der Waals surface area contributed by atoms with E-state index >= 15 is 0 Å². The first-order valence-corrected chi connectivity index (χ1v) is 4.80. The molecule has 0 aliphatic carbocycles. The van der Waals surface area contributed by atoms with Crippen LogP contribution in [0.15, 0.2) is 0 Å². The van der Waals surface area contributed by atoms with Crippen LogP contribution in [0.4, 0.5) is 4.79 Å². The molecule has 86 valence electrons. The number of amides is 3. The number of hydrazine groups is 2. The van der Waals surface area contributed by atoms with Crippen LogP contribution in [-0.4, -0.2) is 41.7 Å². The first-order valence-electron chi connectivity index (χ1n) is 4.80. The van der Waals surface area contributed by atoms with Crippen molar-refractivity contribution >= 4 is 11.9 Å². The minimum Gasteiger partial charge on any atom is -0.336 e. The fraction of sp³-hybridized carbons (Fsp3) is 0.750. The maximum Gasteiger partial charge on any atom is 0.340 e. The van der Waals surface area contributed by atoms with E-state index in [1.54, 1.807) is 7.05 Å². The number of rotatable bonds is 2. The van der Waals surface area contributed by atoms with Gasteiger partial charge in [-0.15, -0.1) is 0 Å². The summed E-state index contributed by atoms with van der Waals surface area (Å²) in [4.78, 5) is 22.9. The largest absolute Gasteiger partial charge is 0.340 e. The van der Waals surface area contributed by atoms with Crippen LogP contribution in [0.5, 0.6) is 0 Å². The summed E-state index contributed by atoms with van der Waals surface area (Å²) in [5.74, 6) is -0.128. The average Bonchev–Trinajstić information content (AvgIpc) is 2.42. The third kappa shape index (κ3) is 2.65. The summed E-state index contributed by atoms with van der Waals surface area (Å²) in [6.07, 6.45) is -0.810. The number of carbonyl (C=O) groups is 2. The van der Waals surface area contributed by atoms with Crippen LogP contribution in [0, 0.1) is 5.92 Å². The fourth-order valence-corrected chi connectivity index (χ4v) is 1.08. The summed E-state index contributed by atoms with van der Waals surface area (Å²) in [6, 6.07) is -0.478. The average molecular weight is 215 g/mol. The van der Waals surface area contributed by atoms with Crippen molar-refractivity contribution in [1.82, 2.24) is 20.9 Å². The van der Waals surface area contributed by atoms with E-state index < -0.39 is 18.1 Å². The smallest absolute Gasteiger partial charge is 0.336 e. The topological polar surface area (TPSA) is 90.7 Å². The van der Waals surface area contributed by atoms with Gasteiger partial charge in [0.25, 0.3) is 5.91 Å². The quantitative estimate of drug-likeness (QED) is 0.540. The van der Waals surface area contributed by atoms with Crippen LogP contribution in [0.1, 0.15) is 13.8 Å². The van der Waals surface area contributed by atoms with Crippen molar-refractivity contribution in [1.29, 1.82) is 0 Å². The Kier molecular flexibility index (Phi) is 3.61. The Bertz CT molecular complexity index is 268. The van der Waals surface area contributed by atoms with Crippen LogP contribution < -0.4 is 16.6 Å². The molecule has 0 saturated carbocycles. The summed E-state index contributed by atoms with van der Waals surface area (Å²) in [7, 11) is 1.60. The minimum atomic E-state index is -0.810. The van der Waals surface area contributed by atoms with Gasteiger partial charge in [-0.1, -0.05) is 13.8 Å². The molecule has 3 amide bonds. The molecule has 4 N–H and O–H groups in total. The number of nitrogens with zero attached hydrogens (tertiary/aromatic N) is 2. The lowest BCUT2D eigenvalue weighted by atomic mass is 10.2. The minimum absolute atomic E-state index is 0.332. The van der Waals surface area contributed by atoms with E-state index in [0.717, 1.165) is 5.01 Å². The first-order chi connectivity index (χ1) is 6.93. The van der Waals surface area contributed by atoms with Crippen LogP contribution in [0.3, 0.4) is 0 Å². The second-order valence-electron chi connectivity index (χ2n) is 3.91. The molecule has 1 aliphatic rings. The van der Waals surface area contributed by atoms with Crippen molar-refractivity contribution in [2.45, 2.75) is 20.0 Å². The Morgan fingerprint density at radius 3 is 2.67 bits per heavy atom. The van der Waals surface area contributed by atoms with Crippen LogP contribution in [-0.2, 0) is 4.79 Å². The highest BCUT2D eigenvalue weighted by Gasteiger charge is 2.37. The van der Waals surface area contributed by atoms with Crippen molar-refractivity contribution in [3.63, 3.8) is 0 Å². The second kappa shape index (κ2) is 4.56. The molecule has 15 heavy (non-hydrogen) atoms. The summed E-state index contributed by atoms with van der Waals surface area (Å²) in [5, 5.41) is 4.87. The third-order valence-corrected chi connectivity index (χ3v) is 2.01. The molecule has 0 aromatic heterocycles. The van der Waals surface area contributed by atoms with Gasteiger partial charge in [-0.05, 0) is 5.92 Å². The van der Waals surface area contributed by atoms with Crippen molar-refractivity contribution in [2.75, 3.05) is 13.6 Å². The molecule has 0 radical (unpaired) electrons. The number of imide groups is 1. The molecule has 1 unspecified atom stereocenters. The maximum atomic E-state index is 11.5. The second-order valence-corrected chi connectivity index (χ2v) is 3.91. The van der Waals surface area contributed by atoms with Gasteiger partial charge in [-0.3, -0.25) is 4.79 Å². The van der Waals surface area contributed by atoms with E-state index in [4.69, 9.17) is 5.73 Å². The number of nitrogens with two attached hydrogens (primary N) is 1. The fourth-order valence-electron chi connectivity index (χ4n) is 1.08. The summed E-state index contributed by atoms with van der Waals surface area (Å²) < 4.78 is 0. The molecule has 1 saturated heterocycles. The Balaban J connectivity index is 2.51. The van der Waals surface area contributed by atoms with Crippen LogP contribution in [0.25, 0.3) is 0 Å². The molecular weight excluding hydrogens is 198 g/mol. The molecule has 1 atom stereocenters. The van der Waals surface area contributed by atoms with Crippen molar-refractivity contribution in [2.24, 2.45) is 11.7 Å². The zero-order valence-corrected chi connectivity index (χ0v) is 9.15. The van der Waals surface area contributed by atoms with E-state index in [2.05, 4.69) is 10.9 Å². The SMILES string of the molecule is CC(C)CNC(=O)N1NN(C)C(N)C1=O.